The molecule has 1 aromatic carbocycles. The maximum Gasteiger partial charge on any atom is 0.321 e. The summed E-state index contributed by atoms with van der Waals surface area (Å²) in [5, 5.41) is 6.04. The summed E-state index contributed by atoms with van der Waals surface area (Å²) in [5.41, 5.74) is 1.03. The van der Waals surface area contributed by atoms with E-state index in [0.717, 1.165) is 39.0 Å². The van der Waals surface area contributed by atoms with E-state index in [9.17, 15) is 9.59 Å². The lowest BCUT2D eigenvalue weighted by Crippen LogP contribution is -2.38. The molecule has 0 saturated carbocycles. The molecule has 0 radical (unpaired) electrons. The fourth-order valence-electron chi connectivity index (χ4n) is 3.64. The second kappa shape index (κ2) is 8.73. The maximum atomic E-state index is 12.5. The Balaban J connectivity index is 1.56. The van der Waals surface area contributed by atoms with Crippen molar-refractivity contribution in [3.8, 4) is 0 Å². The van der Waals surface area contributed by atoms with Gasteiger partial charge < -0.3 is 15.5 Å². The first-order chi connectivity index (χ1) is 12.6. The van der Waals surface area contributed by atoms with Crippen LogP contribution in [-0.4, -0.2) is 60.5 Å². The Morgan fingerprint density at radius 3 is 2.69 bits per heavy atom. The van der Waals surface area contributed by atoms with E-state index < -0.39 is 0 Å². The van der Waals surface area contributed by atoms with Gasteiger partial charge in [0.2, 0.25) is 0 Å². The van der Waals surface area contributed by atoms with E-state index in [2.05, 4.69) is 15.5 Å². The number of carbonyl (C=O) groups excluding carboxylic acids is 2. The van der Waals surface area contributed by atoms with Crippen molar-refractivity contribution in [2.24, 2.45) is 0 Å². The number of anilines is 1. The number of hydrogen-bond acceptors (Lipinski definition) is 3. The minimum atomic E-state index is -0.192. The second-order valence-electron chi connectivity index (χ2n) is 7.01. The highest BCUT2D eigenvalue weighted by Gasteiger charge is 2.31. The molecule has 0 spiro atoms. The number of urea groups is 1. The third kappa shape index (κ3) is 4.48. The zero-order valence-electron chi connectivity index (χ0n) is 15.3. The standard InChI is InChI=1S/C19H27ClN4O2/c1-2-8-21-18(25)16-6-5-14(12-17(16)20)22-19(26)24-11-7-15(13-24)23-9-3-4-10-23/h5-6,12,15H,2-4,7-11,13H2,1H3,(H,21,25)(H,22,26). The van der Waals surface area contributed by atoms with Gasteiger partial charge in [-0.25, -0.2) is 4.79 Å². The van der Waals surface area contributed by atoms with Crippen molar-refractivity contribution < 1.29 is 9.59 Å². The van der Waals surface area contributed by atoms with Gasteiger partial charge in [-0.15, -0.1) is 0 Å². The van der Waals surface area contributed by atoms with Gasteiger partial charge in [0.15, 0.2) is 0 Å². The van der Waals surface area contributed by atoms with Gasteiger partial charge in [0.25, 0.3) is 5.91 Å². The van der Waals surface area contributed by atoms with Gasteiger partial charge in [-0.05, 0) is 57.0 Å². The van der Waals surface area contributed by atoms with E-state index in [4.69, 9.17) is 11.6 Å². The van der Waals surface area contributed by atoms with Crippen LogP contribution >= 0.6 is 11.6 Å². The van der Waals surface area contributed by atoms with Gasteiger partial charge in [0, 0.05) is 31.4 Å². The summed E-state index contributed by atoms with van der Waals surface area (Å²) in [4.78, 5) is 28.9. The van der Waals surface area contributed by atoms with Crippen LogP contribution in [0.1, 0.15) is 43.0 Å². The summed E-state index contributed by atoms with van der Waals surface area (Å²) >= 11 is 6.22. The van der Waals surface area contributed by atoms with Crippen LogP contribution in [0.3, 0.4) is 0 Å². The van der Waals surface area contributed by atoms with Crippen molar-refractivity contribution in [2.45, 2.75) is 38.6 Å². The fourth-order valence-corrected chi connectivity index (χ4v) is 3.91. The Bertz CT molecular complexity index is 661. The van der Waals surface area contributed by atoms with E-state index in [0.29, 0.717) is 28.9 Å². The van der Waals surface area contributed by atoms with Crippen LogP contribution < -0.4 is 10.6 Å². The predicted octanol–water partition coefficient (Wildman–Crippen LogP) is 3.18. The number of benzene rings is 1. The molecule has 1 aromatic rings. The normalized spacial score (nSPS) is 20.4. The Labute approximate surface area is 159 Å². The molecule has 2 fully saturated rings. The molecule has 1 atom stereocenters. The lowest BCUT2D eigenvalue weighted by Gasteiger charge is -2.23. The van der Waals surface area contributed by atoms with Gasteiger partial charge in [-0.1, -0.05) is 18.5 Å². The molecule has 142 valence electrons. The minimum Gasteiger partial charge on any atom is -0.352 e. The third-order valence-corrected chi connectivity index (χ3v) is 5.42. The molecule has 7 heteroatoms. The van der Waals surface area contributed by atoms with E-state index in [1.54, 1.807) is 18.2 Å². The average Bonchev–Trinajstić information content (AvgIpc) is 3.30. The van der Waals surface area contributed by atoms with Crippen LogP contribution in [0.2, 0.25) is 5.02 Å². The molecule has 3 rings (SSSR count). The summed E-state index contributed by atoms with van der Waals surface area (Å²) in [6.07, 6.45) is 4.43. The Morgan fingerprint density at radius 2 is 2.00 bits per heavy atom. The zero-order chi connectivity index (χ0) is 18.5. The number of nitrogens with zero attached hydrogens (tertiary/aromatic N) is 2. The largest absolute Gasteiger partial charge is 0.352 e. The molecular weight excluding hydrogens is 352 g/mol. The number of amides is 3. The molecular formula is C19H27ClN4O2. The minimum absolute atomic E-state index is 0.106. The topological polar surface area (TPSA) is 64.7 Å². The Kier molecular flexibility index (Phi) is 6.38. The lowest BCUT2D eigenvalue weighted by molar-refractivity contribution is 0.0954. The van der Waals surface area contributed by atoms with Crippen LogP contribution in [0.25, 0.3) is 0 Å². The number of nitrogens with one attached hydrogen (secondary N) is 2. The van der Waals surface area contributed by atoms with E-state index in [-0.39, 0.29) is 11.9 Å². The molecule has 2 N–H and O–H groups in total. The van der Waals surface area contributed by atoms with Crippen LogP contribution in [0, 0.1) is 0 Å². The highest BCUT2D eigenvalue weighted by molar-refractivity contribution is 6.34. The predicted molar refractivity (Wildman–Crippen MR) is 104 cm³/mol. The Hall–Kier alpha value is -1.79. The first-order valence-corrected chi connectivity index (χ1v) is 9.84. The van der Waals surface area contributed by atoms with Crippen molar-refractivity contribution in [1.82, 2.24) is 15.1 Å². The molecule has 2 heterocycles. The number of likely N-dealkylation sites (tertiary alicyclic amines) is 2. The molecule has 0 aromatic heterocycles. The smallest absolute Gasteiger partial charge is 0.321 e. The SMILES string of the molecule is CCCNC(=O)c1ccc(NC(=O)N2CCC(N3CCCC3)C2)cc1Cl. The average molecular weight is 379 g/mol. The first kappa shape index (κ1) is 19.0. The third-order valence-electron chi connectivity index (χ3n) is 5.11. The highest BCUT2D eigenvalue weighted by Crippen LogP contribution is 2.23. The van der Waals surface area contributed by atoms with Crippen molar-refractivity contribution >= 4 is 29.2 Å². The van der Waals surface area contributed by atoms with E-state index >= 15 is 0 Å². The summed E-state index contributed by atoms with van der Waals surface area (Å²) in [7, 11) is 0. The monoisotopic (exact) mass is 378 g/mol. The number of carbonyl (C=O) groups is 2. The van der Waals surface area contributed by atoms with Crippen molar-refractivity contribution in [3.63, 3.8) is 0 Å². The van der Waals surface area contributed by atoms with Crippen molar-refractivity contribution in [3.05, 3.63) is 28.8 Å². The van der Waals surface area contributed by atoms with Crippen LogP contribution in [0.5, 0.6) is 0 Å². The number of hydrogen-bond donors (Lipinski definition) is 2. The first-order valence-electron chi connectivity index (χ1n) is 9.46. The molecule has 2 saturated heterocycles. The summed E-state index contributed by atoms with van der Waals surface area (Å²) in [5.74, 6) is -0.192. The summed E-state index contributed by atoms with van der Waals surface area (Å²) in [6, 6.07) is 5.38. The molecule has 6 nitrogen and oxygen atoms in total. The van der Waals surface area contributed by atoms with Gasteiger partial charge in [0.1, 0.15) is 0 Å². The number of rotatable bonds is 5. The van der Waals surface area contributed by atoms with Crippen LogP contribution in [-0.2, 0) is 0 Å². The molecule has 26 heavy (non-hydrogen) atoms. The van der Waals surface area contributed by atoms with Gasteiger partial charge in [-0.2, -0.15) is 0 Å². The summed E-state index contributed by atoms with van der Waals surface area (Å²) in [6.45, 7) is 6.46. The zero-order valence-corrected chi connectivity index (χ0v) is 16.0. The molecule has 1 unspecified atom stereocenters. The van der Waals surface area contributed by atoms with Crippen molar-refractivity contribution in [2.75, 3.05) is 38.0 Å². The molecule has 2 aliphatic rings. The van der Waals surface area contributed by atoms with Crippen molar-refractivity contribution in [1.29, 1.82) is 0 Å². The molecule has 0 aliphatic carbocycles. The summed E-state index contributed by atoms with van der Waals surface area (Å²) < 4.78 is 0. The lowest BCUT2D eigenvalue weighted by atomic mass is 10.2. The van der Waals surface area contributed by atoms with Crippen LogP contribution in [0.4, 0.5) is 10.5 Å². The molecule has 3 amide bonds. The van der Waals surface area contributed by atoms with Crippen LogP contribution in [0.15, 0.2) is 18.2 Å². The highest BCUT2D eigenvalue weighted by atomic mass is 35.5. The van der Waals surface area contributed by atoms with Gasteiger partial charge >= 0.3 is 6.03 Å². The fraction of sp³-hybridized carbons (Fsp3) is 0.579. The molecule has 2 aliphatic heterocycles. The van der Waals surface area contributed by atoms with Gasteiger partial charge in [-0.3, -0.25) is 9.69 Å². The maximum absolute atomic E-state index is 12.5. The van der Waals surface area contributed by atoms with E-state index in [1.807, 2.05) is 11.8 Å². The van der Waals surface area contributed by atoms with Gasteiger partial charge in [0.05, 0.1) is 10.6 Å². The molecule has 0 bridgehead atoms. The quantitative estimate of drug-likeness (QED) is 0.827. The number of halogens is 1. The Morgan fingerprint density at radius 1 is 1.23 bits per heavy atom. The van der Waals surface area contributed by atoms with E-state index in [1.165, 1.54) is 12.8 Å². The second-order valence-corrected chi connectivity index (χ2v) is 7.42.